The summed E-state index contributed by atoms with van der Waals surface area (Å²) >= 11 is 0. The molecule has 0 saturated heterocycles. The average molecular weight is 345 g/mol. The van der Waals surface area contributed by atoms with Gasteiger partial charge in [0.15, 0.2) is 5.16 Å². The summed E-state index contributed by atoms with van der Waals surface area (Å²) in [5.74, 6) is 1.29. The summed E-state index contributed by atoms with van der Waals surface area (Å²) in [5.41, 5.74) is 1.80. The van der Waals surface area contributed by atoms with Crippen LogP contribution in [0.4, 0.5) is 4.39 Å². The molecule has 1 aromatic carbocycles. The van der Waals surface area contributed by atoms with Crippen LogP contribution < -0.4 is 4.74 Å². The third kappa shape index (κ3) is 3.46. The van der Waals surface area contributed by atoms with E-state index in [1.807, 2.05) is 6.07 Å². The van der Waals surface area contributed by atoms with Crippen molar-refractivity contribution in [3.63, 3.8) is 0 Å². The largest absolute Gasteiger partial charge is 0.493 e. The van der Waals surface area contributed by atoms with Crippen LogP contribution in [0.25, 0.3) is 11.0 Å². The van der Waals surface area contributed by atoms with Gasteiger partial charge in [-0.25, -0.2) is 9.37 Å². The molecule has 0 spiro atoms. The fraction of sp³-hybridized carbons (Fsp3) is 0.294. The monoisotopic (exact) mass is 345 g/mol. The Labute approximate surface area is 140 Å². The van der Waals surface area contributed by atoms with Gasteiger partial charge in [0.1, 0.15) is 11.6 Å². The maximum Gasteiger partial charge on any atom is 0.197 e. The van der Waals surface area contributed by atoms with Crippen LogP contribution in [0.15, 0.2) is 41.7 Å². The zero-order valence-electron chi connectivity index (χ0n) is 12.9. The molecule has 1 saturated carbocycles. The zero-order chi connectivity index (χ0) is 16.5. The molecule has 0 radical (unpaired) electrons. The molecule has 2 aromatic heterocycles. The van der Waals surface area contributed by atoms with E-state index in [0.717, 1.165) is 12.4 Å². The number of nitrogens with one attached hydrogen (secondary N) is 1. The number of ether oxygens (including phenoxy) is 1. The summed E-state index contributed by atoms with van der Waals surface area (Å²) in [5, 5.41) is 0.321. The third-order valence-corrected chi connectivity index (χ3v) is 5.07. The van der Waals surface area contributed by atoms with Crippen LogP contribution in [0.2, 0.25) is 0 Å². The van der Waals surface area contributed by atoms with E-state index in [1.165, 1.54) is 25.0 Å². The molecule has 1 aliphatic carbocycles. The Bertz CT molecular complexity index is 908. The lowest BCUT2D eigenvalue weighted by Crippen LogP contribution is -2.03. The first-order chi connectivity index (χ1) is 11.7. The van der Waals surface area contributed by atoms with Gasteiger partial charge in [-0.2, -0.15) is 0 Å². The molecule has 4 rings (SSSR count). The Morgan fingerprint density at radius 3 is 3.00 bits per heavy atom. The van der Waals surface area contributed by atoms with Gasteiger partial charge >= 0.3 is 0 Å². The van der Waals surface area contributed by atoms with E-state index in [-0.39, 0.29) is 11.6 Å². The van der Waals surface area contributed by atoms with E-state index < -0.39 is 10.8 Å². The fourth-order valence-corrected chi connectivity index (χ4v) is 3.38. The van der Waals surface area contributed by atoms with Crippen molar-refractivity contribution in [3.05, 3.63) is 48.0 Å². The SMILES string of the molecule is O=[S@@](Cc1cc(OCC2CC2)ccn1)c1nc2ccc(F)cc2[nH]1. The first kappa shape index (κ1) is 15.3. The van der Waals surface area contributed by atoms with E-state index in [2.05, 4.69) is 15.0 Å². The van der Waals surface area contributed by atoms with E-state index in [1.54, 1.807) is 18.3 Å². The van der Waals surface area contributed by atoms with Crippen molar-refractivity contribution in [2.24, 2.45) is 5.92 Å². The van der Waals surface area contributed by atoms with Gasteiger partial charge in [-0.3, -0.25) is 9.19 Å². The van der Waals surface area contributed by atoms with Gasteiger partial charge in [0, 0.05) is 12.3 Å². The van der Waals surface area contributed by atoms with Crippen molar-refractivity contribution >= 4 is 21.8 Å². The quantitative estimate of drug-likeness (QED) is 0.745. The number of aromatic nitrogens is 3. The lowest BCUT2D eigenvalue weighted by atomic mass is 10.3. The highest BCUT2D eigenvalue weighted by atomic mass is 32.2. The van der Waals surface area contributed by atoms with Crippen molar-refractivity contribution in [3.8, 4) is 5.75 Å². The van der Waals surface area contributed by atoms with Gasteiger partial charge in [-0.05, 0) is 43.0 Å². The molecule has 24 heavy (non-hydrogen) atoms. The van der Waals surface area contributed by atoms with Crippen LogP contribution in [0.5, 0.6) is 5.75 Å². The number of H-pyrrole nitrogens is 1. The fourth-order valence-electron chi connectivity index (χ4n) is 2.39. The van der Waals surface area contributed by atoms with Crippen molar-refractivity contribution in [1.29, 1.82) is 0 Å². The smallest absolute Gasteiger partial charge is 0.197 e. The lowest BCUT2D eigenvalue weighted by Gasteiger charge is -2.06. The summed E-state index contributed by atoms with van der Waals surface area (Å²) in [4.78, 5) is 11.4. The first-order valence-corrected chi connectivity index (χ1v) is 9.10. The molecule has 0 aliphatic heterocycles. The highest BCUT2D eigenvalue weighted by molar-refractivity contribution is 7.84. The van der Waals surface area contributed by atoms with E-state index in [9.17, 15) is 8.60 Å². The van der Waals surface area contributed by atoms with Crippen molar-refractivity contribution in [2.75, 3.05) is 6.61 Å². The van der Waals surface area contributed by atoms with E-state index >= 15 is 0 Å². The van der Waals surface area contributed by atoms with Crippen LogP contribution in [-0.4, -0.2) is 25.8 Å². The number of nitrogens with zero attached hydrogens (tertiary/aromatic N) is 2. The maximum atomic E-state index is 13.2. The topological polar surface area (TPSA) is 67.9 Å². The summed E-state index contributed by atoms with van der Waals surface area (Å²) in [7, 11) is -1.39. The molecule has 0 amide bonds. The highest BCUT2D eigenvalue weighted by Crippen LogP contribution is 2.29. The summed E-state index contributed by atoms with van der Waals surface area (Å²) in [6.07, 6.45) is 4.12. The van der Waals surface area contributed by atoms with Crippen LogP contribution in [-0.2, 0) is 16.6 Å². The zero-order valence-corrected chi connectivity index (χ0v) is 13.7. The molecule has 2 heterocycles. The Balaban J connectivity index is 1.48. The summed E-state index contributed by atoms with van der Waals surface area (Å²) in [6, 6.07) is 7.85. The van der Waals surface area contributed by atoms with Crippen LogP contribution in [0, 0.1) is 11.7 Å². The van der Waals surface area contributed by atoms with Gasteiger partial charge < -0.3 is 9.72 Å². The minimum Gasteiger partial charge on any atom is -0.493 e. The number of fused-ring (bicyclic) bond motifs is 1. The standard InChI is InChI=1S/C17H16FN3O2S/c18-12-3-4-15-16(7-12)21-17(20-15)24(22)10-13-8-14(5-6-19-13)23-9-11-1-2-11/h3-8,11H,1-2,9-10H2,(H,20,21)/t24-/m0/s1. The normalized spacial score (nSPS) is 15.5. The summed E-state index contributed by atoms with van der Waals surface area (Å²) < 4.78 is 31.4. The summed E-state index contributed by atoms with van der Waals surface area (Å²) in [6.45, 7) is 0.724. The van der Waals surface area contributed by atoms with Crippen LogP contribution in [0.1, 0.15) is 18.5 Å². The molecule has 1 N–H and O–H groups in total. The number of imidazole rings is 1. The molecule has 0 unspecified atom stereocenters. The first-order valence-electron chi connectivity index (χ1n) is 7.79. The Kier molecular flexibility index (Phi) is 4.02. The number of rotatable bonds is 6. The van der Waals surface area contributed by atoms with E-state index in [0.29, 0.717) is 27.8 Å². The van der Waals surface area contributed by atoms with Gasteiger partial charge in [0.25, 0.3) is 0 Å². The molecule has 1 atom stereocenters. The van der Waals surface area contributed by atoms with Gasteiger partial charge in [-0.15, -0.1) is 0 Å². The molecule has 124 valence electrons. The Morgan fingerprint density at radius 2 is 2.17 bits per heavy atom. The van der Waals surface area contributed by atoms with Gasteiger partial charge in [-0.1, -0.05) is 0 Å². The minimum atomic E-state index is -1.39. The molecule has 7 heteroatoms. The van der Waals surface area contributed by atoms with Crippen LogP contribution >= 0.6 is 0 Å². The van der Waals surface area contributed by atoms with Crippen molar-refractivity contribution in [1.82, 2.24) is 15.0 Å². The lowest BCUT2D eigenvalue weighted by molar-refractivity contribution is 0.299. The maximum absolute atomic E-state index is 13.2. The van der Waals surface area contributed by atoms with Gasteiger partial charge in [0.2, 0.25) is 0 Å². The Hall–Kier alpha value is -2.28. The average Bonchev–Trinajstić information content (AvgIpc) is 3.31. The molecule has 1 aliphatic rings. The number of pyridine rings is 1. The second kappa shape index (κ2) is 6.32. The minimum absolute atomic E-state index is 0.225. The number of halogens is 1. The number of hydrogen-bond acceptors (Lipinski definition) is 4. The molecule has 5 nitrogen and oxygen atoms in total. The van der Waals surface area contributed by atoms with E-state index in [4.69, 9.17) is 4.74 Å². The Morgan fingerprint density at radius 1 is 1.29 bits per heavy atom. The van der Waals surface area contributed by atoms with Crippen molar-refractivity contribution in [2.45, 2.75) is 23.8 Å². The third-order valence-electron chi connectivity index (χ3n) is 3.89. The second-order valence-electron chi connectivity index (χ2n) is 5.93. The second-order valence-corrected chi connectivity index (χ2v) is 7.30. The number of aromatic amines is 1. The molecular formula is C17H16FN3O2S. The predicted molar refractivity (Wildman–Crippen MR) is 88.6 cm³/mol. The number of benzene rings is 1. The molecule has 0 bridgehead atoms. The van der Waals surface area contributed by atoms with Crippen LogP contribution in [0.3, 0.4) is 0 Å². The molecule has 3 aromatic rings. The van der Waals surface area contributed by atoms with Crippen molar-refractivity contribution < 1.29 is 13.3 Å². The predicted octanol–water partition coefficient (Wildman–Crippen LogP) is 3.19. The molecule has 1 fully saturated rings. The molecular weight excluding hydrogens is 329 g/mol. The van der Waals surface area contributed by atoms with Gasteiger partial charge in [0.05, 0.1) is 39.9 Å². The number of hydrogen-bond donors (Lipinski definition) is 1. The highest BCUT2D eigenvalue weighted by Gasteiger charge is 2.22.